The van der Waals surface area contributed by atoms with E-state index in [-0.39, 0.29) is 5.82 Å². The Balaban J connectivity index is 1.88. The molecule has 1 aromatic carbocycles. The van der Waals surface area contributed by atoms with E-state index in [4.69, 9.17) is 4.74 Å². The van der Waals surface area contributed by atoms with Gasteiger partial charge in [0.2, 0.25) is 0 Å². The summed E-state index contributed by atoms with van der Waals surface area (Å²) in [6, 6.07) is 4.95. The number of hydrogen-bond donors (Lipinski definition) is 1. The van der Waals surface area contributed by atoms with Crippen molar-refractivity contribution in [2.45, 2.75) is 38.5 Å². The summed E-state index contributed by atoms with van der Waals surface area (Å²) >= 11 is 0. The second kappa shape index (κ2) is 6.62. The molecule has 0 atom stereocenters. The molecule has 0 bridgehead atoms. The predicted molar refractivity (Wildman–Crippen MR) is 72.6 cm³/mol. The quantitative estimate of drug-likeness (QED) is 0.809. The molecule has 0 unspecified atom stereocenters. The fraction of sp³-hybridized carbons (Fsp3) is 0.600. The molecular formula is C15H22FNO. The molecule has 1 N–H and O–H groups in total. The zero-order valence-corrected chi connectivity index (χ0v) is 11.0. The van der Waals surface area contributed by atoms with Crippen LogP contribution >= 0.6 is 0 Å². The minimum Gasteiger partial charge on any atom is -0.494 e. The van der Waals surface area contributed by atoms with Crippen molar-refractivity contribution in [2.75, 3.05) is 19.0 Å². The standard InChI is InChI=1S/C15H22FNO/c1-18-15-10-13(8-9-14(15)16)17-11-12-6-4-2-3-5-7-12/h8-10,12,17H,2-7,11H2,1H3. The van der Waals surface area contributed by atoms with Crippen molar-refractivity contribution in [3.05, 3.63) is 24.0 Å². The largest absolute Gasteiger partial charge is 0.494 e. The van der Waals surface area contributed by atoms with Crippen LogP contribution in [0.25, 0.3) is 0 Å². The van der Waals surface area contributed by atoms with Gasteiger partial charge in [-0.25, -0.2) is 4.39 Å². The summed E-state index contributed by atoms with van der Waals surface area (Å²) < 4.78 is 18.2. The fourth-order valence-electron chi connectivity index (χ4n) is 2.60. The van der Waals surface area contributed by atoms with E-state index in [1.807, 2.05) is 0 Å². The van der Waals surface area contributed by atoms with Gasteiger partial charge in [0, 0.05) is 18.3 Å². The molecule has 0 aliphatic heterocycles. The number of methoxy groups -OCH3 is 1. The average Bonchev–Trinajstić information content (AvgIpc) is 2.66. The van der Waals surface area contributed by atoms with E-state index in [0.29, 0.717) is 5.75 Å². The molecule has 2 rings (SSSR count). The molecule has 2 nitrogen and oxygen atoms in total. The molecule has 100 valence electrons. The highest BCUT2D eigenvalue weighted by molar-refractivity contribution is 5.48. The highest BCUT2D eigenvalue weighted by atomic mass is 19.1. The molecule has 0 radical (unpaired) electrons. The lowest BCUT2D eigenvalue weighted by atomic mass is 10.0. The lowest BCUT2D eigenvalue weighted by Crippen LogP contribution is -2.13. The first-order chi connectivity index (χ1) is 8.79. The van der Waals surface area contributed by atoms with Crippen LogP contribution in [0.5, 0.6) is 5.75 Å². The average molecular weight is 251 g/mol. The van der Waals surface area contributed by atoms with Gasteiger partial charge in [-0.15, -0.1) is 0 Å². The van der Waals surface area contributed by atoms with Crippen molar-refractivity contribution < 1.29 is 9.13 Å². The fourth-order valence-corrected chi connectivity index (χ4v) is 2.60. The number of halogens is 1. The molecule has 3 heteroatoms. The summed E-state index contributed by atoms with van der Waals surface area (Å²) in [5.74, 6) is 0.752. The van der Waals surface area contributed by atoms with Gasteiger partial charge in [-0.3, -0.25) is 0 Å². The van der Waals surface area contributed by atoms with Gasteiger partial charge in [0.25, 0.3) is 0 Å². The SMILES string of the molecule is COc1cc(NCC2CCCCCC2)ccc1F. The second-order valence-electron chi connectivity index (χ2n) is 5.09. The summed E-state index contributed by atoms with van der Waals surface area (Å²) in [5.41, 5.74) is 0.942. The summed E-state index contributed by atoms with van der Waals surface area (Å²) in [4.78, 5) is 0. The first kappa shape index (κ1) is 13.2. The third-order valence-corrected chi connectivity index (χ3v) is 3.72. The van der Waals surface area contributed by atoms with Gasteiger partial charge in [0.15, 0.2) is 11.6 Å². The zero-order valence-electron chi connectivity index (χ0n) is 11.0. The third kappa shape index (κ3) is 3.62. The van der Waals surface area contributed by atoms with Gasteiger partial charge < -0.3 is 10.1 Å². The van der Waals surface area contributed by atoms with E-state index in [9.17, 15) is 4.39 Å². The van der Waals surface area contributed by atoms with Crippen LogP contribution in [0.3, 0.4) is 0 Å². The molecule has 1 aliphatic rings. The number of nitrogens with one attached hydrogen (secondary N) is 1. The summed E-state index contributed by atoms with van der Waals surface area (Å²) in [5, 5.41) is 3.40. The second-order valence-corrected chi connectivity index (χ2v) is 5.09. The summed E-state index contributed by atoms with van der Waals surface area (Å²) in [7, 11) is 1.49. The number of rotatable bonds is 4. The smallest absolute Gasteiger partial charge is 0.165 e. The van der Waals surface area contributed by atoms with Crippen molar-refractivity contribution in [3.8, 4) is 5.75 Å². The van der Waals surface area contributed by atoms with E-state index in [1.165, 1.54) is 51.7 Å². The Labute approximate surface area is 109 Å². The van der Waals surface area contributed by atoms with Gasteiger partial charge in [0.1, 0.15) is 0 Å². The molecule has 0 spiro atoms. The highest BCUT2D eigenvalue weighted by Crippen LogP contribution is 2.25. The van der Waals surface area contributed by atoms with Crippen LogP contribution in [0.4, 0.5) is 10.1 Å². The van der Waals surface area contributed by atoms with Gasteiger partial charge in [-0.1, -0.05) is 25.7 Å². The zero-order chi connectivity index (χ0) is 12.8. The number of hydrogen-bond acceptors (Lipinski definition) is 2. The number of ether oxygens (including phenoxy) is 1. The van der Waals surface area contributed by atoms with E-state index >= 15 is 0 Å². The Bertz CT molecular complexity index is 373. The van der Waals surface area contributed by atoms with Crippen molar-refractivity contribution in [1.82, 2.24) is 0 Å². The van der Waals surface area contributed by atoms with Crippen LogP contribution in [0, 0.1) is 11.7 Å². The first-order valence-corrected chi connectivity index (χ1v) is 6.87. The van der Waals surface area contributed by atoms with Crippen LogP contribution in [0.1, 0.15) is 38.5 Å². The lowest BCUT2D eigenvalue weighted by molar-refractivity contribution is 0.386. The van der Waals surface area contributed by atoms with Crippen molar-refractivity contribution in [1.29, 1.82) is 0 Å². The van der Waals surface area contributed by atoms with Crippen LogP contribution in [0.2, 0.25) is 0 Å². The maximum absolute atomic E-state index is 13.3. The highest BCUT2D eigenvalue weighted by Gasteiger charge is 2.12. The Kier molecular flexibility index (Phi) is 4.85. The molecule has 18 heavy (non-hydrogen) atoms. The number of anilines is 1. The van der Waals surface area contributed by atoms with Gasteiger partial charge in [-0.05, 0) is 30.9 Å². The van der Waals surface area contributed by atoms with Crippen LogP contribution in [-0.4, -0.2) is 13.7 Å². The number of benzene rings is 1. The van der Waals surface area contributed by atoms with E-state index < -0.39 is 0 Å². The Morgan fingerprint density at radius 2 is 1.94 bits per heavy atom. The molecule has 0 saturated heterocycles. The van der Waals surface area contributed by atoms with E-state index in [0.717, 1.165) is 18.2 Å². The first-order valence-electron chi connectivity index (χ1n) is 6.87. The molecule has 0 aromatic heterocycles. The summed E-state index contributed by atoms with van der Waals surface area (Å²) in [6.07, 6.45) is 8.07. The monoisotopic (exact) mass is 251 g/mol. The molecule has 1 aliphatic carbocycles. The lowest BCUT2D eigenvalue weighted by Gasteiger charge is -2.16. The molecule has 1 fully saturated rings. The van der Waals surface area contributed by atoms with Crippen molar-refractivity contribution in [2.24, 2.45) is 5.92 Å². The molecule has 1 aromatic rings. The maximum Gasteiger partial charge on any atom is 0.165 e. The van der Waals surface area contributed by atoms with E-state index in [2.05, 4.69) is 5.32 Å². The third-order valence-electron chi connectivity index (χ3n) is 3.72. The Morgan fingerprint density at radius 3 is 2.61 bits per heavy atom. The van der Waals surface area contributed by atoms with E-state index in [1.54, 1.807) is 12.1 Å². The van der Waals surface area contributed by atoms with Crippen LogP contribution < -0.4 is 10.1 Å². The molecule has 0 amide bonds. The molecule has 1 saturated carbocycles. The minimum atomic E-state index is -0.308. The van der Waals surface area contributed by atoms with Gasteiger partial charge in [0.05, 0.1) is 7.11 Å². The minimum absolute atomic E-state index is 0.306. The Hall–Kier alpha value is -1.25. The van der Waals surface area contributed by atoms with Gasteiger partial charge >= 0.3 is 0 Å². The van der Waals surface area contributed by atoms with Gasteiger partial charge in [-0.2, -0.15) is 0 Å². The Morgan fingerprint density at radius 1 is 1.22 bits per heavy atom. The predicted octanol–water partition coefficient (Wildman–Crippen LogP) is 4.22. The molecule has 0 heterocycles. The maximum atomic E-state index is 13.3. The van der Waals surface area contributed by atoms with Crippen LogP contribution in [0.15, 0.2) is 18.2 Å². The van der Waals surface area contributed by atoms with Crippen molar-refractivity contribution >= 4 is 5.69 Å². The van der Waals surface area contributed by atoms with Crippen molar-refractivity contribution in [3.63, 3.8) is 0 Å². The van der Waals surface area contributed by atoms with Crippen LogP contribution in [-0.2, 0) is 0 Å². The molecular weight excluding hydrogens is 229 g/mol. The summed E-state index contributed by atoms with van der Waals surface area (Å²) in [6.45, 7) is 0.981. The normalized spacial score (nSPS) is 17.2. The topological polar surface area (TPSA) is 21.3 Å².